The lowest BCUT2D eigenvalue weighted by Gasteiger charge is -2.34. The van der Waals surface area contributed by atoms with Crippen molar-refractivity contribution in [2.24, 2.45) is 5.73 Å². The Labute approximate surface area is 248 Å². The summed E-state index contributed by atoms with van der Waals surface area (Å²) in [4.78, 5) is 37.6. The number of piperazine rings is 1. The number of nitrogens with two attached hydrogens (primary N) is 1. The van der Waals surface area contributed by atoms with Crippen molar-refractivity contribution in [2.45, 2.75) is 29.7 Å². The number of nitrogens with one attached hydrogen (secondary N) is 1. The Balaban J connectivity index is 0.000000367. The van der Waals surface area contributed by atoms with Crippen LogP contribution in [0.2, 0.25) is 5.02 Å². The number of hydrogen-bond acceptors (Lipinski definition) is 7. The highest BCUT2D eigenvalue weighted by atomic mass is 35.5. The highest BCUT2D eigenvalue weighted by molar-refractivity contribution is 7.91. The Kier molecular flexibility index (Phi) is 10.5. The second-order valence-electron chi connectivity index (χ2n) is 9.37. The van der Waals surface area contributed by atoms with Crippen LogP contribution in [0.25, 0.3) is 0 Å². The Bertz CT molecular complexity index is 1450. The van der Waals surface area contributed by atoms with Crippen molar-refractivity contribution >= 4 is 50.7 Å². The summed E-state index contributed by atoms with van der Waals surface area (Å²) in [6.07, 6.45) is 1.22. The molecule has 2 aliphatic heterocycles. The first-order chi connectivity index (χ1) is 19.6. The van der Waals surface area contributed by atoms with Gasteiger partial charge in [-0.25, -0.2) is 8.42 Å². The number of primary amides is 1. The molecule has 1 unspecified atom stereocenters. The van der Waals surface area contributed by atoms with Gasteiger partial charge in [-0.05, 0) is 61.4 Å². The van der Waals surface area contributed by atoms with Crippen molar-refractivity contribution < 1.29 is 27.5 Å². The fraction of sp³-hybridized carbons (Fsp3) is 0.321. The molecular weight excluding hydrogens is 588 g/mol. The molecule has 2 fully saturated rings. The molecule has 13 heteroatoms. The van der Waals surface area contributed by atoms with Gasteiger partial charge in [0.25, 0.3) is 21.8 Å². The average Bonchev–Trinajstić information content (AvgIpc) is 3.70. The lowest BCUT2D eigenvalue weighted by Crippen LogP contribution is -2.52. The number of thiophene rings is 1. The van der Waals surface area contributed by atoms with Gasteiger partial charge in [-0.2, -0.15) is 4.31 Å². The van der Waals surface area contributed by atoms with Crippen LogP contribution in [0.1, 0.15) is 38.4 Å². The van der Waals surface area contributed by atoms with Crippen molar-refractivity contribution in [3.05, 3.63) is 87.8 Å². The van der Waals surface area contributed by atoms with Gasteiger partial charge in [-0.15, -0.1) is 11.3 Å². The Morgan fingerprint density at radius 1 is 0.951 bits per heavy atom. The van der Waals surface area contributed by atoms with Crippen LogP contribution in [0.3, 0.4) is 0 Å². The second-order valence-corrected chi connectivity index (χ2v) is 13.1. The highest BCUT2D eigenvalue weighted by Crippen LogP contribution is 2.26. The van der Waals surface area contributed by atoms with Crippen molar-refractivity contribution in [3.8, 4) is 0 Å². The molecule has 2 saturated heterocycles. The zero-order chi connectivity index (χ0) is 29.4. The molecule has 10 nitrogen and oxygen atoms in total. The van der Waals surface area contributed by atoms with Gasteiger partial charge in [-0.3, -0.25) is 14.4 Å². The van der Waals surface area contributed by atoms with Gasteiger partial charge in [0.05, 0.1) is 6.54 Å². The van der Waals surface area contributed by atoms with Crippen molar-refractivity contribution in [3.63, 3.8) is 0 Å². The van der Waals surface area contributed by atoms with Gasteiger partial charge in [-0.1, -0.05) is 29.8 Å². The number of nitrogens with zero attached hydrogens (tertiary/aromatic N) is 2. The summed E-state index contributed by atoms with van der Waals surface area (Å²) in [6, 6.07) is 18.6. The van der Waals surface area contributed by atoms with Crippen molar-refractivity contribution in [1.29, 1.82) is 0 Å². The minimum absolute atomic E-state index is 0.0469. The van der Waals surface area contributed by atoms with E-state index in [1.165, 1.54) is 4.31 Å². The van der Waals surface area contributed by atoms with E-state index in [-0.39, 0.29) is 47.7 Å². The molecule has 0 spiro atoms. The molecule has 1 aromatic heterocycles. The maximum atomic E-state index is 13.0. The van der Waals surface area contributed by atoms with Crippen LogP contribution >= 0.6 is 22.9 Å². The number of carbonyl (C=O) groups excluding carboxylic acids is 3. The summed E-state index contributed by atoms with van der Waals surface area (Å²) in [5.41, 5.74) is 6.01. The standard InChI is InChI=1S/C21H24ClN3O5S2.C7H7NO/c22-16-5-3-15(4-6-16)20(26)23-14-17-7-8-19(31-17)32(28,29)25-11-9-24(10-12-25)21(27)18-2-1-13-30-18;8-7(9)6-4-2-1-3-5-6/h3-8,18H,1-2,9-14H2,(H,23,26);1-5H,(H2,8,9). The molecule has 41 heavy (non-hydrogen) atoms. The average molecular weight is 619 g/mol. The molecule has 1 atom stereocenters. The predicted molar refractivity (Wildman–Crippen MR) is 156 cm³/mol. The van der Waals surface area contributed by atoms with E-state index in [1.54, 1.807) is 65.6 Å². The summed E-state index contributed by atoms with van der Waals surface area (Å²) in [6.45, 7) is 2.04. The molecule has 3 heterocycles. The Morgan fingerprint density at radius 2 is 1.63 bits per heavy atom. The van der Waals surface area contributed by atoms with E-state index in [2.05, 4.69) is 5.32 Å². The molecule has 2 aliphatic rings. The molecule has 5 rings (SSSR count). The number of sulfonamides is 1. The zero-order valence-corrected chi connectivity index (χ0v) is 24.6. The number of carbonyl (C=O) groups is 3. The van der Waals surface area contributed by atoms with Gasteiger partial charge < -0.3 is 20.7 Å². The normalized spacial score (nSPS) is 17.4. The van der Waals surface area contributed by atoms with Crippen LogP contribution in [-0.2, 0) is 26.1 Å². The van der Waals surface area contributed by atoms with Gasteiger partial charge >= 0.3 is 0 Å². The van der Waals surface area contributed by atoms with E-state index in [0.717, 1.165) is 29.1 Å². The van der Waals surface area contributed by atoms with E-state index in [9.17, 15) is 22.8 Å². The molecule has 0 radical (unpaired) electrons. The number of rotatable bonds is 7. The van der Waals surface area contributed by atoms with E-state index in [0.29, 0.717) is 35.8 Å². The minimum atomic E-state index is -3.65. The van der Waals surface area contributed by atoms with Crippen LogP contribution in [0.4, 0.5) is 0 Å². The zero-order valence-electron chi connectivity index (χ0n) is 22.2. The molecular formula is C28H31ClN4O6S2. The molecule has 218 valence electrons. The summed E-state index contributed by atoms with van der Waals surface area (Å²) < 4.78 is 33.2. The highest BCUT2D eigenvalue weighted by Gasteiger charge is 2.34. The first-order valence-electron chi connectivity index (χ1n) is 13.0. The van der Waals surface area contributed by atoms with E-state index >= 15 is 0 Å². The van der Waals surface area contributed by atoms with Gasteiger partial charge in [0, 0.05) is 53.8 Å². The van der Waals surface area contributed by atoms with Gasteiger partial charge in [0.1, 0.15) is 10.3 Å². The third-order valence-corrected chi connectivity index (χ3v) is 10.3. The predicted octanol–water partition coefficient (Wildman–Crippen LogP) is 3.13. The number of halogens is 1. The SMILES string of the molecule is NC(=O)c1ccccc1.O=C(NCc1ccc(S(=O)(=O)N2CCN(C(=O)C3CCCO3)CC2)s1)c1ccc(Cl)cc1. The van der Waals surface area contributed by atoms with Crippen LogP contribution < -0.4 is 11.1 Å². The number of ether oxygens (including phenoxy) is 1. The van der Waals surface area contributed by atoms with Gasteiger partial charge in [0.15, 0.2) is 0 Å². The van der Waals surface area contributed by atoms with E-state index in [1.807, 2.05) is 6.07 Å². The Hall–Kier alpha value is -3.29. The quantitative estimate of drug-likeness (QED) is 0.417. The maximum Gasteiger partial charge on any atom is 0.252 e. The number of amides is 3. The molecule has 3 amide bonds. The van der Waals surface area contributed by atoms with Crippen LogP contribution in [-0.4, -0.2) is 74.2 Å². The summed E-state index contributed by atoms with van der Waals surface area (Å²) in [7, 11) is -3.65. The van der Waals surface area contributed by atoms with Crippen LogP contribution in [0.15, 0.2) is 70.9 Å². The first kappa shape index (κ1) is 30.7. The molecule has 0 aliphatic carbocycles. The number of hydrogen-bond donors (Lipinski definition) is 2. The molecule has 3 N–H and O–H groups in total. The maximum absolute atomic E-state index is 13.0. The van der Waals surface area contributed by atoms with Crippen molar-refractivity contribution in [1.82, 2.24) is 14.5 Å². The molecule has 3 aromatic rings. The van der Waals surface area contributed by atoms with E-state index < -0.39 is 10.0 Å². The largest absolute Gasteiger partial charge is 0.368 e. The molecule has 2 aromatic carbocycles. The van der Waals surface area contributed by atoms with Gasteiger partial charge in [0.2, 0.25) is 5.91 Å². The van der Waals surface area contributed by atoms with Crippen molar-refractivity contribution in [2.75, 3.05) is 32.8 Å². The molecule has 0 bridgehead atoms. The summed E-state index contributed by atoms with van der Waals surface area (Å²) >= 11 is 6.97. The Morgan fingerprint density at radius 3 is 2.22 bits per heavy atom. The molecule has 0 saturated carbocycles. The lowest BCUT2D eigenvalue weighted by molar-refractivity contribution is -0.142. The minimum Gasteiger partial charge on any atom is -0.368 e. The summed E-state index contributed by atoms with van der Waals surface area (Å²) in [5, 5.41) is 3.34. The lowest BCUT2D eigenvalue weighted by atomic mass is 10.2. The van der Waals surface area contributed by atoms with E-state index in [4.69, 9.17) is 22.1 Å². The third kappa shape index (κ3) is 8.14. The van der Waals surface area contributed by atoms with Crippen LogP contribution in [0.5, 0.6) is 0 Å². The third-order valence-electron chi connectivity index (χ3n) is 6.57. The first-order valence-corrected chi connectivity index (χ1v) is 15.7. The number of benzene rings is 2. The monoisotopic (exact) mass is 618 g/mol. The smallest absolute Gasteiger partial charge is 0.252 e. The fourth-order valence-corrected chi connectivity index (χ4v) is 7.32. The fourth-order valence-electron chi connectivity index (χ4n) is 4.32. The topological polar surface area (TPSA) is 139 Å². The van der Waals surface area contributed by atoms with Crippen LogP contribution in [0, 0.1) is 0 Å². The second kappa shape index (κ2) is 14.1. The summed E-state index contributed by atoms with van der Waals surface area (Å²) in [5.74, 6) is -0.684.